The molecule has 17 heavy (non-hydrogen) atoms. The van der Waals surface area contributed by atoms with E-state index in [1.807, 2.05) is 13.8 Å². The molecule has 0 aliphatic rings. The first-order valence-electron chi connectivity index (χ1n) is 6.15. The van der Waals surface area contributed by atoms with Crippen molar-refractivity contribution in [1.82, 2.24) is 10.2 Å². The lowest BCUT2D eigenvalue weighted by Crippen LogP contribution is -2.43. The standard InChI is InChI=1S/C12H25N3O2/c1-5-15(6-2)10(16)7-8-14-11(17)12(3,4)9-13/h5-9,13H2,1-4H3,(H,14,17). The van der Waals surface area contributed by atoms with E-state index in [1.54, 1.807) is 18.7 Å². The van der Waals surface area contributed by atoms with Gasteiger partial charge in [-0.15, -0.1) is 0 Å². The fraction of sp³-hybridized carbons (Fsp3) is 0.833. The predicted molar refractivity (Wildman–Crippen MR) is 68.4 cm³/mol. The molecule has 0 aliphatic heterocycles. The Morgan fingerprint density at radius 3 is 2.18 bits per heavy atom. The molecule has 0 aromatic heterocycles. The van der Waals surface area contributed by atoms with Crippen molar-refractivity contribution >= 4 is 11.8 Å². The van der Waals surface area contributed by atoms with Crippen LogP contribution in [0.4, 0.5) is 0 Å². The number of carbonyl (C=O) groups excluding carboxylic acids is 2. The van der Waals surface area contributed by atoms with Crippen LogP contribution in [0, 0.1) is 5.41 Å². The molecule has 0 saturated heterocycles. The van der Waals surface area contributed by atoms with E-state index >= 15 is 0 Å². The van der Waals surface area contributed by atoms with Crippen LogP contribution >= 0.6 is 0 Å². The summed E-state index contributed by atoms with van der Waals surface area (Å²) in [5.41, 5.74) is 4.92. The summed E-state index contributed by atoms with van der Waals surface area (Å²) >= 11 is 0. The molecule has 0 aromatic carbocycles. The molecule has 0 unspecified atom stereocenters. The van der Waals surface area contributed by atoms with Crippen LogP contribution in [-0.2, 0) is 9.59 Å². The molecule has 0 bridgehead atoms. The number of nitrogens with zero attached hydrogens (tertiary/aromatic N) is 1. The second kappa shape index (κ2) is 7.27. The van der Waals surface area contributed by atoms with Crippen LogP contribution in [0.15, 0.2) is 0 Å². The van der Waals surface area contributed by atoms with Crippen LogP contribution in [0.2, 0.25) is 0 Å². The quantitative estimate of drug-likeness (QED) is 0.677. The van der Waals surface area contributed by atoms with Gasteiger partial charge in [-0.2, -0.15) is 0 Å². The van der Waals surface area contributed by atoms with Crippen molar-refractivity contribution < 1.29 is 9.59 Å². The first kappa shape index (κ1) is 15.9. The molecule has 0 fully saturated rings. The van der Waals surface area contributed by atoms with Crippen LogP contribution in [0.25, 0.3) is 0 Å². The maximum absolute atomic E-state index is 11.7. The Kier molecular flexibility index (Phi) is 6.80. The molecule has 0 radical (unpaired) electrons. The van der Waals surface area contributed by atoms with E-state index in [1.165, 1.54) is 0 Å². The van der Waals surface area contributed by atoms with Gasteiger partial charge in [0, 0.05) is 32.6 Å². The molecule has 0 aliphatic carbocycles. The maximum Gasteiger partial charge on any atom is 0.226 e. The van der Waals surface area contributed by atoms with Gasteiger partial charge in [0.2, 0.25) is 11.8 Å². The van der Waals surface area contributed by atoms with Crippen LogP contribution in [-0.4, -0.2) is 42.9 Å². The van der Waals surface area contributed by atoms with Crippen LogP contribution < -0.4 is 11.1 Å². The molecule has 0 atom stereocenters. The smallest absolute Gasteiger partial charge is 0.226 e. The summed E-state index contributed by atoms with van der Waals surface area (Å²) in [6, 6.07) is 0. The highest BCUT2D eigenvalue weighted by molar-refractivity contribution is 5.83. The highest BCUT2D eigenvalue weighted by Crippen LogP contribution is 2.11. The third kappa shape index (κ3) is 5.17. The highest BCUT2D eigenvalue weighted by Gasteiger charge is 2.25. The zero-order valence-corrected chi connectivity index (χ0v) is 11.4. The first-order chi connectivity index (χ1) is 7.88. The predicted octanol–water partition coefficient (Wildman–Crippen LogP) is 0.346. The fourth-order valence-corrected chi connectivity index (χ4v) is 1.35. The summed E-state index contributed by atoms with van der Waals surface area (Å²) < 4.78 is 0. The van der Waals surface area contributed by atoms with Gasteiger partial charge in [-0.3, -0.25) is 9.59 Å². The fourth-order valence-electron chi connectivity index (χ4n) is 1.35. The van der Waals surface area contributed by atoms with Crippen molar-refractivity contribution in [3.8, 4) is 0 Å². The Bertz CT molecular complexity index is 260. The SMILES string of the molecule is CCN(CC)C(=O)CCNC(=O)C(C)(C)CN. The lowest BCUT2D eigenvalue weighted by atomic mass is 9.93. The van der Waals surface area contributed by atoms with Crippen LogP contribution in [0.1, 0.15) is 34.1 Å². The largest absolute Gasteiger partial charge is 0.355 e. The Hall–Kier alpha value is -1.10. The van der Waals surface area contributed by atoms with Crippen LogP contribution in [0.5, 0.6) is 0 Å². The number of hydrogen-bond acceptors (Lipinski definition) is 3. The number of carbonyl (C=O) groups is 2. The third-order valence-electron chi connectivity index (χ3n) is 2.87. The van der Waals surface area contributed by atoms with Crippen molar-refractivity contribution in [2.45, 2.75) is 34.1 Å². The van der Waals surface area contributed by atoms with Gasteiger partial charge in [-0.25, -0.2) is 0 Å². The van der Waals surface area contributed by atoms with Gasteiger partial charge >= 0.3 is 0 Å². The molecule has 0 spiro atoms. The van der Waals surface area contributed by atoms with Crippen LogP contribution in [0.3, 0.4) is 0 Å². The lowest BCUT2D eigenvalue weighted by molar-refractivity contribution is -0.131. The van der Waals surface area contributed by atoms with Crippen molar-refractivity contribution in [2.24, 2.45) is 11.1 Å². The number of amides is 2. The molecule has 0 heterocycles. The van der Waals surface area contributed by atoms with Crippen molar-refractivity contribution in [2.75, 3.05) is 26.2 Å². The first-order valence-corrected chi connectivity index (χ1v) is 6.15. The minimum atomic E-state index is -0.571. The number of hydrogen-bond donors (Lipinski definition) is 2. The summed E-state index contributed by atoms with van der Waals surface area (Å²) in [6.45, 7) is 9.54. The minimum Gasteiger partial charge on any atom is -0.355 e. The zero-order valence-electron chi connectivity index (χ0n) is 11.4. The molecular formula is C12H25N3O2. The molecule has 100 valence electrons. The van der Waals surface area contributed by atoms with Gasteiger partial charge < -0.3 is 16.0 Å². The van der Waals surface area contributed by atoms with E-state index < -0.39 is 5.41 Å². The van der Waals surface area contributed by atoms with Gasteiger partial charge in [0.05, 0.1) is 5.41 Å². The zero-order chi connectivity index (χ0) is 13.5. The molecule has 2 amide bonds. The summed E-state index contributed by atoms with van der Waals surface area (Å²) in [5, 5.41) is 2.74. The summed E-state index contributed by atoms with van der Waals surface area (Å²) in [4.78, 5) is 25.1. The summed E-state index contributed by atoms with van der Waals surface area (Å²) in [5.74, 6) is -0.0341. The van der Waals surface area contributed by atoms with E-state index in [9.17, 15) is 9.59 Å². The van der Waals surface area contributed by atoms with E-state index in [4.69, 9.17) is 5.73 Å². The van der Waals surface area contributed by atoms with Crippen molar-refractivity contribution in [1.29, 1.82) is 0 Å². The average Bonchev–Trinajstić information content (AvgIpc) is 2.30. The molecule has 3 N–H and O–H groups in total. The van der Waals surface area contributed by atoms with Gasteiger partial charge in [0.25, 0.3) is 0 Å². The maximum atomic E-state index is 11.7. The number of nitrogens with two attached hydrogens (primary N) is 1. The van der Waals surface area contributed by atoms with Crippen molar-refractivity contribution in [3.63, 3.8) is 0 Å². The van der Waals surface area contributed by atoms with Gasteiger partial charge in [-0.05, 0) is 27.7 Å². The Morgan fingerprint density at radius 1 is 1.24 bits per heavy atom. The van der Waals surface area contributed by atoms with Gasteiger partial charge in [0.1, 0.15) is 0 Å². The van der Waals surface area contributed by atoms with Crippen molar-refractivity contribution in [3.05, 3.63) is 0 Å². The Balaban J connectivity index is 4.00. The second-order valence-electron chi connectivity index (χ2n) is 4.66. The Labute approximate surface area is 104 Å². The lowest BCUT2D eigenvalue weighted by Gasteiger charge is -2.22. The molecular weight excluding hydrogens is 218 g/mol. The molecule has 5 nitrogen and oxygen atoms in total. The molecule has 0 rings (SSSR count). The average molecular weight is 243 g/mol. The molecule has 0 aromatic rings. The van der Waals surface area contributed by atoms with E-state index in [0.29, 0.717) is 32.6 Å². The summed E-state index contributed by atoms with van der Waals surface area (Å²) in [6.07, 6.45) is 0.341. The normalized spacial score (nSPS) is 11.1. The van der Waals surface area contributed by atoms with E-state index in [0.717, 1.165) is 0 Å². The monoisotopic (exact) mass is 243 g/mol. The summed E-state index contributed by atoms with van der Waals surface area (Å²) in [7, 11) is 0. The van der Waals surface area contributed by atoms with Gasteiger partial charge in [0.15, 0.2) is 0 Å². The van der Waals surface area contributed by atoms with E-state index in [2.05, 4.69) is 5.32 Å². The molecule has 5 heteroatoms. The minimum absolute atomic E-state index is 0.0702. The van der Waals surface area contributed by atoms with Gasteiger partial charge in [-0.1, -0.05) is 0 Å². The molecule has 0 saturated carbocycles. The highest BCUT2D eigenvalue weighted by atomic mass is 16.2. The number of rotatable bonds is 7. The second-order valence-corrected chi connectivity index (χ2v) is 4.66. The number of nitrogens with one attached hydrogen (secondary N) is 1. The third-order valence-corrected chi connectivity index (χ3v) is 2.87. The topological polar surface area (TPSA) is 75.4 Å². The van der Waals surface area contributed by atoms with E-state index in [-0.39, 0.29) is 11.8 Å². The Morgan fingerprint density at radius 2 is 1.76 bits per heavy atom.